The molecule has 1 aromatic heterocycles. The van der Waals surface area contributed by atoms with E-state index in [1.807, 2.05) is 26.0 Å². The van der Waals surface area contributed by atoms with E-state index in [9.17, 15) is 9.59 Å². The molecule has 0 atom stereocenters. The number of rotatable bonds is 10. The van der Waals surface area contributed by atoms with E-state index in [0.29, 0.717) is 48.7 Å². The van der Waals surface area contributed by atoms with Gasteiger partial charge in [-0.25, -0.2) is 9.97 Å². The molecule has 4 N–H and O–H groups in total. The van der Waals surface area contributed by atoms with Crippen LogP contribution in [-0.2, 0) is 9.59 Å². The molecule has 1 aromatic carbocycles. The van der Waals surface area contributed by atoms with Gasteiger partial charge >= 0.3 is 0 Å². The summed E-state index contributed by atoms with van der Waals surface area (Å²) in [6.45, 7) is 7.21. The Labute approximate surface area is 175 Å². The Morgan fingerprint density at radius 2 is 1.48 bits per heavy atom. The first-order valence-electron chi connectivity index (χ1n) is 9.50. The first kappa shape index (κ1) is 22.4. The van der Waals surface area contributed by atoms with Crippen LogP contribution >= 0.6 is 11.6 Å². The maximum absolute atomic E-state index is 11.7. The zero-order valence-electron chi connectivity index (χ0n) is 16.9. The highest BCUT2D eigenvalue weighted by Crippen LogP contribution is 2.22. The SMILES string of the molecule is CC(=O)NCCNc1cc(NCCNC(=O)C(C)C)nc(-c2ccc(Cl)cc2)n1. The molecule has 0 unspecified atom stereocenters. The molecule has 2 rings (SSSR count). The minimum Gasteiger partial charge on any atom is -0.368 e. The third-order valence-corrected chi connectivity index (χ3v) is 4.14. The highest BCUT2D eigenvalue weighted by molar-refractivity contribution is 6.30. The van der Waals surface area contributed by atoms with Crippen molar-refractivity contribution in [3.05, 3.63) is 35.4 Å². The summed E-state index contributed by atoms with van der Waals surface area (Å²) in [6, 6.07) is 9.06. The van der Waals surface area contributed by atoms with E-state index in [1.54, 1.807) is 18.2 Å². The van der Waals surface area contributed by atoms with E-state index < -0.39 is 0 Å². The number of carbonyl (C=O) groups is 2. The smallest absolute Gasteiger partial charge is 0.222 e. The molecule has 1 heterocycles. The Bertz CT molecular complexity index is 826. The molecule has 2 amide bonds. The van der Waals surface area contributed by atoms with Crippen LogP contribution in [0.3, 0.4) is 0 Å². The van der Waals surface area contributed by atoms with E-state index >= 15 is 0 Å². The first-order chi connectivity index (χ1) is 13.8. The van der Waals surface area contributed by atoms with Gasteiger partial charge in [-0.3, -0.25) is 9.59 Å². The third-order valence-electron chi connectivity index (χ3n) is 3.89. The molecule has 0 bridgehead atoms. The molecule has 29 heavy (non-hydrogen) atoms. The Hall–Kier alpha value is -2.87. The molecule has 0 aliphatic carbocycles. The van der Waals surface area contributed by atoms with Gasteiger partial charge in [0, 0.05) is 55.7 Å². The van der Waals surface area contributed by atoms with Crippen LogP contribution in [-0.4, -0.2) is 48.0 Å². The number of nitrogens with zero attached hydrogens (tertiary/aromatic N) is 2. The van der Waals surface area contributed by atoms with Crippen molar-refractivity contribution in [2.45, 2.75) is 20.8 Å². The lowest BCUT2D eigenvalue weighted by atomic mass is 10.2. The van der Waals surface area contributed by atoms with Gasteiger partial charge in [-0.05, 0) is 24.3 Å². The molecule has 8 nitrogen and oxygen atoms in total. The lowest BCUT2D eigenvalue weighted by Crippen LogP contribution is -2.32. The average Bonchev–Trinajstić information content (AvgIpc) is 2.68. The molecule has 0 spiro atoms. The van der Waals surface area contributed by atoms with Gasteiger partial charge in [0.25, 0.3) is 0 Å². The minimum atomic E-state index is -0.0814. The summed E-state index contributed by atoms with van der Waals surface area (Å²) < 4.78 is 0. The first-order valence-corrected chi connectivity index (χ1v) is 9.88. The molecule has 156 valence electrons. The molecule has 2 aromatic rings. The van der Waals surface area contributed by atoms with Crippen molar-refractivity contribution in [3.63, 3.8) is 0 Å². The zero-order valence-corrected chi connectivity index (χ0v) is 17.6. The van der Waals surface area contributed by atoms with E-state index in [-0.39, 0.29) is 17.7 Å². The van der Waals surface area contributed by atoms with Gasteiger partial charge < -0.3 is 21.3 Å². The van der Waals surface area contributed by atoms with E-state index in [4.69, 9.17) is 11.6 Å². The summed E-state index contributed by atoms with van der Waals surface area (Å²) >= 11 is 5.97. The monoisotopic (exact) mass is 418 g/mol. The molecule has 0 aliphatic rings. The number of anilines is 2. The van der Waals surface area contributed by atoms with Gasteiger partial charge in [-0.1, -0.05) is 25.4 Å². The summed E-state index contributed by atoms with van der Waals surface area (Å²) in [7, 11) is 0. The van der Waals surface area contributed by atoms with Crippen molar-refractivity contribution in [2.24, 2.45) is 5.92 Å². The predicted molar refractivity (Wildman–Crippen MR) is 116 cm³/mol. The van der Waals surface area contributed by atoms with Crippen LogP contribution in [0.25, 0.3) is 11.4 Å². The topological polar surface area (TPSA) is 108 Å². The van der Waals surface area contributed by atoms with Crippen LogP contribution < -0.4 is 21.3 Å². The maximum atomic E-state index is 11.7. The van der Waals surface area contributed by atoms with Gasteiger partial charge in [-0.15, -0.1) is 0 Å². The fourth-order valence-corrected chi connectivity index (χ4v) is 2.49. The summed E-state index contributed by atoms with van der Waals surface area (Å²) in [4.78, 5) is 31.7. The number of benzene rings is 1. The van der Waals surface area contributed by atoms with Gasteiger partial charge in [0.1, 0.15) is 11.6 Å². The number of halogens is 1. The number of amides is 2. The minimum absolute atomic E-state index is 0.0108. The van der Waals surface area contributed by atoms with Crippen LogP contribution in [0.15, 0.2) is 30.3 Å². The van der Waals surface area contributed by atoms with Crippen molar-refractivity contribution in [3.8, 4) is 11.4 Å². The third kappa shape index (κ3) is 7.95. The lowest BCUT2D eigenvalue weighted by molar-refractivity contribution is -0.124. The molecule has 0 saturated carbocycles. The summed E-state index contributed by atoms with van der Waals surface area (Å²) in [6.07, 6.45) is 0. The normalized spacial score (nSPS) is 10.5. The summed E-state index contributed by atoms with van der Waals surface area (Å²) in [5, 5.41) is 12.6. The summed E-state index contributed by atoms with van der Waals surface area (Å²) in [5.74, 6) is 1.68. The number of hydrogen-bond donors (Lipinski definition) is 4. The Morgan fingerprint density at radius 1 is 0.931 bits per heavy atom. The fourth-order valence-electron chi connectivity index (χ4n) is 2.37. The van der Waals surface area contributed by atoms with Crippen molar-refractivity contribution < 1.29 is 9.59 Å². The molecular formula is C20H27ClN6O2. The van der Waals surface area contributed by atoms with Crippen LogP contribution in [0.5, 0.6) is 0 Å². The van der Waals surface area contributed by atoms with Crippen LogP contribution in [0, 0.1) is 5.92 Å². The quantitative estimate of drug-likeness (QED) is 0.441. The number of hydrogen-bond acceptors (Lipinski definition) is 6. The zero-order chi connectivity index (χ0) is 21.2. The van der Waals surface area contributed by atoms with Crippen LogP contribution in [0.4, 0.5) is 11.6 Å². The molecule has 0 radical (unpaired) electrons. The highest BCUT2D eigenvalue weighted by Gasteiger charge is 2.08. The van der Waals surface area contributed by atoms with E-state index in [0.717, 1.165) is 5.56 Å². The number of nitrogens with one attached hydrogen (secondary N) is 4. The second kappa shape index (κ2) is 11.2. The van der Waals surface area contributed by atoms with Crippen molar-refractivity contribution in [1.82, 2.24) is 20.6 Å². The molecule has 0 saturated heterocycles. The molecule has 0 fully saturated rings. The fraction of sp³-hybridized carbons (Fsp3) is 0.400. The standard InChI is InChI=1S/C20H27ClN6O2/c1-13(2)20(29)25-11-10-24-18-12-17(23-9-8-22-14(3)28)26-19(27-18)15-4-6-16(21)7-5-15/h4-7,12-13H,8-11H2,1-3H3,(H,22,28)(H,25,29)(H2,23,24,26,27). The van der Waals surface area contributed by atoms with Crippen molar-refractivity contribution >= 4 is 35.1 Å². The van der Waals surface area contributed by atoms with Gasteiger partial charge in [-0.2, -0.15) is 0 Å². The van der Waals surface area contributed by atoms with Gasteiger partial charge in [0.15, 0.2) is 5.82 Å². The second-order valence-electron chi connectivity index (χ2n) is 6.75. The second-order valence-corrected chi connectivity index (χ2v) is 7.19. The Kier molecular flexibility index (Phi) is 8.67. The number of carbonyl (C=O) groups excluding carboxylic acids is 2. The van der Waals surface area contributed by atoms with Gasteiger partial charge in [0.05, 0.1) is 0 Å². The van der Waals surface area contributed by atoms with E-state index in [2.05, 4.69) is 31.2 Å². The molecule has 0 aliphatic heterocycles. The van der Waals surface area contributed by atoms with E-state index in [1.165, 1.54) is 6.92 Å². The average molecular weight is 419 g/mol. The highest BCUT2D eigenvalue weighted by atomic mass is 35.5. The van der Waals surface area contributed by atoms with Crippen molar-refractivity contribution in [1.29, 1.82) is 0 Å². The number of aromatic nitrogens is 2. The molecular weight excluding hydrogens is 392 g/mol. The summed E-state index contributed by atoms with van der Waals surface area (Å²) in [5.41, 5.74) is 0.830. The van der Waals surface area contributed by atoms with Crippen LogP contribution in [0.2, 0.25) is 5.02 Å². The molecule has 9 heteroatoms. The van der Waals surface area contributed by atoms with Gasteiger partial charge in [0.2, 0.25) is 11.8 Å². The maximum Gasteiger partial charge on any atom is 0.222 e. The lowest BCUT2D eigenvalue weighted by Gasteiger charge is -2.13. The predicted octanol–water partition coefficient (Wildman–Crippen LogP) is 2.53. The Morgan fingerprint density at radius 3 is 2.00 bits per heavy atom. The Balaban J connectivity index is 2.08. The van der Waals surface area contributed by atoms with Crippen LogP contribution in [0.1, 0.15) is 20.8 Å². The largest absolute Gasteiger partial charge is 0.368 e. The van der Waals surface area contributed by atoms with Crippen molar-refractivity contribution in [2.75, 3.05) is 36.8 Å².